The molecule has 1 rings (SSSR count). The molecule has 0 saturated heterocycles. The molecule has 1 aromatic rings. The second kappa shape index (κ2) is 6.38. The summed E-state index contributed by atoms with van der Waals surface area (Å²) in [7, 11) is 1.48. The Morgan fingerprint density at radius 3 is 2.37 bits per heavy atom. The van der Waals surface area contributed by atoms with Crippen LogP contribution in [-0.2, 0) is 0 Å². The van der Waals surface area contributed by atoms with Gasteiger partial charge in [-0.3, -0.25) is 0 Å². The van der Waals surface area contributed by atoms with Crippen LogP contribution in [0.3, 0.4) is 0 Å². The minimum atomic E-state index is -0.309. The maximum Gasteiger partial charge on any atom is 0.165 e. The predicted molar refractivity (Wildman–Crippen MR) is 78.0 cm³/mol. The van der Waals surface area contributed by atoms with Gasteiger partial charge in [-0.2, -0.15) is 0 Å². The van der Waals surface area contributed by atoms with Gasteiger partial charge in [-0.15, -0.1) is 0 Å². The highest BCUT2D eigenvalue weighted by atomic mass is 19.1. The van der Waals surface area contributed by atoms with E-state index in [4.69, 9.17) is 4.74 Å². The van der Waals surface area contributed by atoms with Crippen LogP contribution >= 0.6 is 0 Å². The lowest BCUT2D eigenvalue weighted by Gasteiger charge is -2.31. The van der Waals surface area contributed by atoms with E-state index in [0.29, 0.717) is 11.7 Å². The minimum absolute atomic E-state index is 0.124. The van der Waals surface area contributed by atoms with Crippen LogP contribution in [0.1, 0.15) is 46.2 Å². The summed E-state index contributed by atoms with van der Waals surface area (Å²) in [6.07, 6.45) is 0. The highest BCUT2D eigenvalue weighted by Crippen LogP contribution is 2.27. The second-order valence-electron chi connectivity index (χ2n) is 6.14. The summed E-state index contributed by atoms with van der Waals surface area (Å²) in [6, 6.07) is 5.25. The fourth-order valence-electron chi connectivity index (χ4n) is 1.69. The van der Waals surface area contributed by atoms with E-state index >= 15 is 0 Å². The normalized spacial score (nSPS) is 13.7. The molecule has 0 spiro atoms. The average molecular weight is 267 g/mol. The Balaban J connectivity index is 2.68. The summed E-state index contributed by atoms with van der Waals surface area (Å²) >= 11 is 0. The number of nitrogens with one attached hydrogen (secondary N) is 1. The van der Waals surface area contributed by atoms with Gasteiger partial charge in [-0.05, 0) is 36.0 Å². The highest BCUT2D eigenvalue weighted by Gasteiger charge is 2.23. The lowest BCUT2D eigenvalue weighted by molar-refractivity contribution is 0.230. The summed E-state index contributed by atoms with van der Waals surface area (Å²) in [6.45, 7) is 11.9. The van der Waals surface area contributed by atoms with Gasteiger partial charge in [-0.1, -0.05) is 33.8 Å². The van der Waals surface area contributed by atoms with Crippen molar-refractivity contribution in [3.8, 4) is 5.75 Å². The van der Waals surface area contributed by atoms with Crippen LogP contribution in [0, 0.1) is 17.2 Å². The standard InChI is InChI=1S/C16H26FNO/c1-11(2)16(4,5)10-18-12(3)13-7-8-15(19-6)14(17)9-13/h7-9,11-12,18H,10H2,1-6H3. The first-order chi connectivity index (χ1) is 8.77. The third kappa shape index (κ3) is 4.20. The number of methoxy groups -OCH3 is 1. The van der Waals surface area contributed by atoms with Crippen molar-refractivity contribution in [3.05, 3.63) is 29.6 Å². The predicted octanol–water partition coefficient (Wildman–Crippen LogP) is 4.17. The molecule has 2 nitrogen and oxygen atoms in total. The van der Waals surface area contributed by atoms with Gasteiger partial charge in [0, 0.05) is 12.6 Å². The van der Waals surface area contributed by atoms with Gasteiger partial charge in [0.15, 0.2) is 11.6 Å². The summed E-state index contributed by atoms with van der Waals surface area (Å²) in [5, 5.41) is 3.48. The van der Waals surface area contributed by atoms with Crippen molar-refractivity contribution < 1.29 is 9.13 Å². The van der Waals surface area contributed by atoms with E-state index in [1.807, 2.05) is 6.07 Å². The van der Waals surface area contributed by atoms with Gasteiger partial charge in [0.2, 0.25) is 0 Å². The Labute approximate surface area is 116 Å². The van der Waals surface area contributed by atoms with E-state index in [9.17, 15) is 4.39 Å². The molecule has 0 aliphatic rings. The van der Waals surface area contributed by atoms with Gasteiger partial charge in [-0.25, -0.2) is 4.39 Å². The van der Waals surface area contributed by atoms with E-state index in [1.165, 1.54) is 7.11 Å². The molecule has 0 amide bonds. The molecular formula is C16H26FNO. The fourth-order valence-corrected chi connectivity index (χ4v) is 1.69. The van der Waals surface area contributed by atoms with Crippen LogP contribution in [-0.4, -0.2) is 13.7 Å². The van der Waals surface area contributed by atoms with E-state index in [0.717, 1.165) is 12.1 Å². The Hall–Kier alpha value is -1.09. The van der Waals surface area contributed by atoms with Crippen molar-refractivity contribution in [3.63, 3.8) is 0 Å². The van der Waals surface area contributed by atoms with Crippen LogP contribution in [0.5, 0.6) is 5.75 Å². The van der Waals surface area contributed by atoms with E-state index in [-0.39, 0.29) is 17.3 Å². The Morgan fingerprint density at radius 2 is 1.89 bits per heavy atom. The van der Waals surface area contributed by atoms with Crippen LogP contribution in [0.15, 0.2) is 18.2 Å². The van der Waals surface area contributed by atoms with Crippen molar-refractivity contribution in [1.29, 1.82) is 0 Å². The van der Waals surface area contributed by atoms with Gasteiger partial charge in [0.25, 0.3) is 0 Å². The molecule has 1 aromatic carbocycles. The molecule has 1 N–H and O–H groups in total. The molecular weight excluding hydrogens is 241 g/mol. The monoisotopic (exact) mass is 267 g/mol. The van der Waals surface area contributed by atoms with Crippen molar-refractivity contribution in [2.75, 3.05) is 13.7 Å². The van der Waals surface area contributed by atoms with E-state index in [1.54, 1.807) is 12.1 Å². The average Bonchev–Trinajstić information content (AvgIpc) is 2.35. The molecule has 0 bridgehead atoms. The molecule has 0 aliphatic carbocycles. The van der Waals surface area contributed by atoms with Crippen LogP contribution < -0.4 is 10.1 Å². The number of ether oxygens (including phenoxy) is 1. The van der Waals surface area contributed by atoms with Crippen LogP contribution in [0.25, 0.3) is 0 Å². The van der Waals surface area contributed by atoms with Crippen LogP contribution in [0.2, 0.25) is 0 Å². The summed E-state index contributed by atoms with van der Waals surface area (Å²) in [4.78, 5) is 0. The maximum absolute atomic E-state index is 13.7. The number of halogens is 1. The maximum atomic E-state index is 13.7. The first kappa shape index (κ1) is 16.0. The van der Waals surface area contributed by atoms with Gasteiger partial charge < -0.3 is 10.1 Å². The summed E-state index contributed by atoms with van der Waals surface area (Å²) in [5.74, 6) is 0.579. The SMILES string of the molecule is COc1ccc(C(C)NCC(C)(C)C(C)C)cc1F. The van der Waals surface area contributed by atoms with Crippen molar-refractivity contribution in [2.24, 2.45) is 11.3 Å². The third-order valence-corrected chi connectivity index (χ3v) is 4.10. The summed E-state index contributed by atoms with van der Waals surface area (Å²) < 4.78 is 18.6. The number of hydrogen-bond acceptors (Lipinski definition) is 2. The van der Waals surface area contributed by atoms with Crippen molar-refractivity contribution in [1.82, 2.24) is 5.32 Å². The Bertz CT molecular complexity index is 415. The van der Waals surface area contributed by atoms with E-state index < -0.39 is 0 Å². The first-order valence-electron chi connectivity index (χ1n) is 6.84. The summed E-state index contributed by atoms with van der Waals surface area (Å²) in [5.41, 5.74) is 1.16. The van der Waals surface area contributed by atoms with Gasteiger partial charge >= 0.3 is 0 Å². The fraction of sp³-hybridized carbons (Fsp3) is 0.625. The second-order valence-corrected chi connectivity index (χ2v) is 6.14. The third-order valence-electron chi connectivity index (χ3n) is 4.10. The number of rotatable bonds is 6. The zero-order chi connectivity index (χ0) is 14.6. The zero-order valence-electron chi connectivity index (χ0n) is 12.9. The highest BCUT2D eigenvalue weighted by molar-refractivity contribution is 5.30. The first-order valence-corrected chi connectivity index (χ1v) is 6.84. The smallest absolute Gasteiger partial charge is 0.165 e. The molecule has 0 aliphatic heterocycles. The number of benzene rings is 1. The zero-order valence-corrected chi connectivity index (χ0v) is 12.9. The van der Waals surface area contributed by atoms with Crippen molar-refractivity contribution in [2.45, 2.75) is 40.7 Å². The lowest BCUT2D eigenvalue weighted by atomic mass is 9.81. The quantitative estimate of drug-likeness (QED) is 0.835. The van der Waals surface area contributed by atoms with Crippen molar-refractivity contribution >= 4 is 0 Å². The molecule has 0 heterocycles. The Kier molecular flexibility index (Phi) is 5.36. The van der Waals surface area contributed by atoms with Gasteiger partial charge in [0.1, 0.15) is 0 Å². The largest absolute Gasteiger partial charge is 0.494 e. The molecule has 3 heteroatoms. The lowest BCUT2D eigenvalue weighted by Crippen LogP contribution is -2.34. The number of hydrogen-bond donors (Lipinski definition) is 1. The molecule has 0 radical (unpaired) electrons. The van der Waals surface area contributed by atoms with E-state index in [2.05, 4.69) is 39.9 Å². The Morgan fingerprint density at radius 1 is 1.26 bits per heavy atom. The topological polar surface area (TPSA) is 21.3 Å². The molecule has 1 atom stereocenters. The minimum Gasteiger partial charge on any atom is -0.494 e. The molecule has 0 aromatic heterocycles. The molecule has 0 saturated carbocycles. The molecule has 108 valence electrons. The molecule has 0 fully saturated rings. The van der Waals surface area contributed by atoms with Crippen LogP contribution in [0.4, 0.5) is 4.39 Å². The van der Waals surface area contributed by atoms with Gasteiger partial charge in [0.05, 0.1) is 7.11 Å². The molecule has 19 heavy (non-hydrogen) atoms. The molecule has 1 unspecified atom stereocenters.